The quantitative estimate of drug-likeness (QED) is 0.406. The number of terminal acetylenes is 1. The van der Waals surface area contributed by atoms with E-state index in [0.717, 1.165) is 0 Å². The van der Waals surface area contributed by atoms with E-state index in [1.165, 1.54) is 6.08 Å². The summed E-state index contributed by atoms with van der Waals surface area (Å²) in [5.74, 6) is 2.63. The van der Waals surface area contributed by atoms with Gasteiger partial charge in [-0.2, -0.15) is 0 Å². The van der Waals surface area contributed by atoms with E-state index >= 15 is 0 Å². The van der Waals surface area contributed by atoms with Crippen LogP contribution in [0.3, 0.4) is 0 Å². The van der Waals surface area contributed by atoms with E-state index in [1.54, 1.807) is 7.11 Å². The lowest BCUT2D eigenvalue weighted by Gasteiger charge is -2.25. The summed E-state index contributed by atoms with van der Waals surface area (Å²) in [6.07, 6.45) is 8.39. The summed E-state index contributed by atoms with van der Waals surface area (Å²) in [7, 11) is 1.59. The molecule has 4 nitrogen and oxygen atoms in total. The van der Waals surface area contributed by atoms with Gasteiger partial charge in [0.15, 0.2) is 0 Å². The maximum absolute atomic E-state index is 11.4. The van der Waals surface area contributed by atoms with Crippen molar-refractivity contribution < 1.29 is 14.3 Å². The lowest BCUT2D eigenvalue weighted by Crippen LogP contribution is -2.28. The van der Waals surface area contributed by atoms with Gasteiger partial charge in [0.1, 0.15) is 6.79 Å². The fourth-order valence-electron chi connectivity index (χ4n) is 1.64. The zero-order valence-electron chi connectivity index (χ0n) is 11.6. The molecule has 102 valence electrons. The molecule has 0 bridgehead atoms. The number of carbonyl (C=O) groups excluding carboxylic acids is 1. The van der Waals surface area contributed by atoms with E-state index in [2.05, 4.69) is 25.1 Å². The van der Waals surface area contributed by atoms with Crippen molar-refractivity contribution in [2.45, 2.75) is 26.9 Å². The summed E-state index contributed by atoms with van der Waals surface area (Å²) in [6, 6.07) is 0. The van der Waals surface area contributed by atoms with Gasteiger partial charge in [-0.3, -0.25) is 4.79 Å². The normalized spacial score (nSPS) is 14.4. The van der Waals surface area contributed by atoms with Gasteiger partial charge in [-0.1, -0.05) is 32.8 Å². The standard InChI is InChI=1S/C14H23NO3/c1-6-9-15-13(16)8-7-12(4)14(11(2)3)18-10-17-5/h1,7-8,11-12,14H,9-10H2,2-5H3,(H,15,16)/b8-7+/t12-,14-/m1/s1. The Bertz CT molecular complexity index is 305. The molecule has 0 aromatic carbocycles. The predicted octanol–water partition coefficient (Wildman–Crippen LogP) is 1.57. The molecule has 4 heteroatoms. The Labute approximate surface area is 110 Å². The summed E-state index contributed by atoms with van der Waals surface area (Å²) in [4.78, 5) is 11.4. The Balaban J connectivity index is 4.32. The molecule has 0 aromatic heterocycles. The Hall–Kier alpha value is -1.31. The number of ether oxygens (including phenoxy) is 2. The van der Waals surface area contributed by atoms with Gasteiger partial charge in [-0.25, -0.2) is 0 Å². The van der Waals surface area contributed by atoms with Crippen LogP contribution in [0.25, 0.3) is 0 Å². The van der Waals surface area contributed by atoms with Crippen LogP contribution >= 0.6 is 0 Å². The first kappa shape index (κ1) is 16.7. The van der Waals surface area contributed by atoms with Gasteiger partial charge in [0.2, 0.25) is 5.91 Å². The highest BCUT2D eigenvalue weighted by Crippen LogP contribution is 2.17. The molecule has 0 aliphatic carbocycles. The van der Waals surface area contributed by atoms with Crippen LogP contribution in [0.5, 0.6) is 0 Å². The first-order chi connectivity index (χ1) is 8.52. The molecule has 0 spiro atoms. The third-order valence-corrected chi connectivity index (χ3v) is 2.47. The van der Waals surface area contributed by atoms with Gasteiger partial charge in [-0.15, -0.1) is 6.42 Å². The van der Waals surface area contributed by atoms with Crippen LogP contribution in [0.15, 0.2) is 12.2 Å². The zero-order valence-corrected chi connectivity index (χ0v) is 11.6. The molecule has 0 rings (SSSR count). The summed E-state index contributed by atoms with van der Waals surface area (Å²) < 4.78 is 10.5. The first-order valence-electron chi connectivity index (χ1n) is 6.03. The zero-order chi connectivity index (χ0) is 14.0. The average molecular weight is 253 g/mol. The van der Waals surface area contributed by atoms with Crippen LogP contribution in [-0.2, 0) is 14.3 Å². The Kier molecular flexibility index (Phi) is 8.99. The fourth-order valence-corrected chi connectivity index (χ4v) is 1.64. The van der Waals surface area contributed by atoms with Gasteiger partial charge in [-0.05, 0) is 12.0 Å². The molecule has 0 saturated carbocycles. The van der Waals surface area contributed by atoms with E-state index in [4.69, 9.17) is 15.9 Å². The maximum atomic E-state index is 11.4. The summed E-state index contributed by atoms with van der Waals surface area (Å²) in [5, 5.41) is 2.57. The van der Waals surface area contributed by atoms with Gasteiger partial charge in [0.05, 0.1) is 12.6 Å². The second-order valence-corrected chi connectivity index (χ2v) is 4.42. The van der Waals surface area contributed by atoms with Crippen LogP contribution in [0, 0.1) is 24.2 Å². The summed E-state index contributed by atoms with van der Waals surface area (Å²) >= 11 is 0. The van der Waals surface area contributed by atoms with Crippen molar-refractivity contribution in [2.75, 3.05) is 20.4 Å². The molecule has 0 aromatic rings. The SMILES string of the molecule is C#CCNC(=O)/C=C/[C@@H](C)[C@H](OCOC)C(C)C. The highest BCUT2D eigenvalue weighted by Gasteiger charge is 2.19. The molecule has 0 radical (unpaired) electrons. The molecular formula is C14H23NO3. The molecule has 18 heavy (non-hydrogen) atoms. The van der Waals surface area contributed by atoms with Gasteiger partial charge in [0.25, 0.3) is 0 Å². The largest absolute Gasteiger partial charge is 0.359 e. The average Bonchev–Trinajstić information content (AvgIpc) is 2.33. The highest BCUT2D eigenvalue weighted by molar-refractivity contribution is 5.87. The molecule has 0 aliphatic rings. The maximum Gasteiger partial charge on any atom is 0.244 e. The second-order valence-electron chi connectivity index (χ2n) is 4.42. The van der Waals surface area contributed by atoms with Crippen LogP contribution in [0.4, 0.5) is 0 Å². The number of hydrogen-bond acceptors (Lipinski definition) is 3. The number of amides is 1. The van der Waals surface area contributed by atoms with E-state index < -0.39 is 0 Å². The molecular weight excluding hydrogens is 230 g/mol. The van der Waals surface area contributed by atoms with E-state index in [0.29, 0.717) is 5.92 Å². The minimum absolute atomic E-state index is 0.0154. The third-order valence-electron chi connectivity index (χ3n) is 2.47. The minimum Gasteiger partial charge on any atom is -0.359 e. The molecule has 0 aliphatic heterocycles. The molecule has 0 fully saturated rings. The molecule has 1 amide bonds. The van der Waals surface area contributed by atoms with Crippen molar-refractivity contribution in [3.05, 3.63) is 12.2 Å². The fraction of sp³-hybridized carbons (Fsp3) is 0.643. The van der Waals surface area contributed by atoms with Crippen LogP contribution in [-0.4, -0.2) is 32.5 Å². The number of methoxy groups -OCH3 is 1. The van der Waals surface area contributed by atoms with E-state index in [9.17, 15) is 4.79 Å². The van der Waals surface area contributed by atoms with Gasteiger partial charge >= 0.3 is 0 Å². The number of nitrogens with one attached hydrogen (secondary N) is 1. The van der Waals surface area contributed by atoms with Gasteiger partial charge < -0.3 is 14.8 Å². The Morgan fingerprint density at radius 2 is 2.11 bits per heavy atom. The van der Waals surface area contributed by atoms with Crippen LogP contribution in [0.1, 0.15) is 20.8 Å². The lowest BCUT2D eigenvalue weighted by atomic mass is 9.94. The van der Waals surface area contributed by atoms with E-state index in [1.807, 2.05) is 13.0 Å². The van der Waals surface area contributed by atoms with Crippen molar-refractivity contribution in [1.29, 1.82) is 0 Å². The van der Waals surface area contributed by atoms with Crippen LogP contribution < -0.4 is 5.32 Å². The summed E-state index contributed by atoms with van der Waals surface area (Å²) in [5.41, 5.74) is 0. The number of hydrogen-bond donors (Lipinski definition) is 1. The molecule has 0 heterocycles. The first-order valence-corrected chi connectivity index (χ1v) is 6.03. The number of rotatable bonds is 8. The van der Waals surface area contributed by atoms with Crippen molar-refractivity contribution in [3.63, 3.8) is 0 Å². The van der Waals surface area contributed by atoms with Crippen LogP contribution in [0.2, 0.25) is 0 Å². The predicted molar refractivity (Wildman–Crippen MR) is 71.7 cm³/mol. The highest BCUT2D eigenvalue weighted by atomic mass is 16.7. The Morgan fingerprint density at radius 3 is 2.61 bits per heavy atom. The van der Waals surface area contributed by atoms with E-state index in [-0.39, 0.29) is 31.3 Å². The van der Waals surface area contributed by atoms with Crippen molar-refractivity contribution in [3.8, 4) is 12.3 Å². The molecule has 1 N–H and O–H groups in total. The van der Waals surface area contributed by atoms with Crippen molar-refractivity contribution >= 4 is 5.91 Å². The molecule has 0 unspecified atom stereocenters. The minimum atomic E-state index is -0.186. The van der Waals surface area contributed by atoms with Crippen molar-refractivity contribution in [1.82, 2.24) is 5.32 Å². The third kappa shape index (κ3) is 7.10. The number of carbonyl (C=O) groups is 1. The molecule has 2 atom stereocenters. The topological polar surface area (TPSA) is 47.6 Å². The summed E-state index contributed by atoms with van der Waals surface area (Å²) in [6.45, 7) is 6.65. The van der Waals surface area contributed by atoms with Crippen molar-refractivity contribution in [2.24, 2.45) is 11.8 Å². The Morgan fingerprint density at radius 1 is 1.44 bits per heavy atom. The molecule has 0 saturated heterocycles. The smallest absolute Gasteiger partial charge is 0.244 e. The lowest BCUT2D eigenvalue weighted by molar-refractivity contribution is -0.116. The monoisotopic (exact) mass is 253 g/mol. The van der Waals surface area contributed by atoms with Gasteiger partial charge in [0, 0.05) is 13.0 Å². The second kappa shape index (κ2) is 9.69.